The second kappa shape index (κ2) is 6.44. The maximum Gasteiger partial charge on any atom is 0.0558 e. The van der Waals surface area contributed by atoms with E-state index >= 15 is 0 Å². The molecule has 1 radical (unpaired) electrons. The van der Waals surface area contributed by atoms with Crippen molar-refractivity contribution in [2.45, 2.75) is 12.5 Å². The van der Waals surface area contributed by atoms with Gasteiger partial charge in [0.2, 0.25) is 0 Å². The van der Waals surface area contributed by atoms with Gasteiger partial charge in [0.15, 0.2) is 0 Å². The fraction of sp³-hybridized carbons (Fsp3) is 1.00. The molecule has 0 aromatic heterocycles. The number of aliphatic hydroxyl groups excluding tert-OH is 1. The van der Waals surface area contributed by atoms with E-state index in [9.17, 15) is 0 Å². The van der Waals surface area contributed by atoms with Crippen molar-refractivity contribution in [2.24, 2.45) is 0 Å². The molecule has 0 amide bonds. The van der Waals surface area contributed by atoms with Crippen molar-refractivity contribution < 1.29 is 37.8 Å². The summed E-state index contributed by atoms with van der Waals surface area (Å²) in [6.45, 7) is 3.39. The first kappa shape index (κ1) is 13.0. The number of β-amino-alcohol motifs (C(OH)–C–C–N with tert-alkyl or cyclic N) is 1. The molecule has 0 spiro atoms. The summed E-state index contributed by atoms with van der Waals surface area (Å²) in [4.78, 5) is 4.57. The molecule has 1 atom stereocenters. The van der Waals surface area contributed by atoms with Gasteiger partial charge in [-0.2, -0.15) is 0 Å². The Morgan fingerprint density at radius 2 is 2.17 bits per heavy atom. The van der Waals surface area contributed by atoms with Gasteiger partial charge < -0.3 is 10.0 Å². The topological polar surface area (TPSA) is 26.7 Å². The molecule has 1 aliphatic rings. The minimum absolute atomic E-state index is 0. The van der Waals surface area contributed by atoms with Crippen molar-refractivity contribution in [2.75, 3.05) is 40.3 Å². The maximum atomic E-state index is 8.70. The second-order valence-corrected chi connectivity index (χ2v) is 3.43. The summed E-state index contributed by atoms with van der Waals surface area (Å²) in [5, 5.41) is 8.70. The third kappa shape index (κ3) is 3.80. The standard InChI is InChI=1S/C8H18N2O.Y/c1-9(2)8-3-4-10(7-8)5-6-11;/h8,11H,3-7H2,1-2H3;. The zero-order chi connectivity index (χ0) is 8.27. The zero-order valence-electron chi connectivity index (χ0n) is 8.03. The van der Waals surface area contributed by atoms with E-state index in [1.807, 2.05) is 0 Å². The van der Waals surface area contributed by atoms with E-state index in [0.717, 1.165) is 19.6 Å². The summed E-state index contributed by atoms with van der Waals surface area (Å²) < 4.78 is 0. The minimum atomic E-state index is 0. The van der Waals surface area contributed by atoms with Gasteiger partial charge in [0.1, 0.15) is 0 Å². The molecule has 1 unspecified atom stereocenters. The van der Waals surface area contributed by atoms with Crippen molar-refractivity contribution in [3.63, 3.8) is 0 Å². The molecule has 1 N–H and O–H groups in total. The van der Waals surface area contributed by atoms with Gasteiger partial charge in [-0.3, -0.25) is 4.90 Å². The van der Waals surface area contributed by atoms with Crippen LogP contribution in [0, 0.1) is 0 Å². The van der Waals surface area contributed by atoms with Crippen molar-refractivity contribution in [1.29, 1.82) is 0 Å². The van der Waals surface area contributed by atoms with Crippen molar-refractivity contribution in [1.82, 2.24) is 9.80 Å². The predicted molar refractivity (Wildman–Crippen MR) is 45.6 cm³/mol. The van der Waals surface area contributed by atoms with Gasteiger partial charge >= 0.3 is 0 Å². The number of rotatable bonds is 3. The number of aliphatic hydroxyl groups is 1. The Hall–Kier alpha value is 0.984. The molecule has 0 bridgehead atoms. The Morgan fingerprint density at radius 1 is 1.50 bits per heavy atom. The molecule has 0 aromatic rings. The van der Waals surface area contributed by atoms with Crippen LogP contribution in [0.25, 0.3) is 0 Å². The van der Waals surface area contributed by atoms with Gasteiger partial charge in [-0.1, -0.05) is 0 Å². The van der Waals surface area contributed by atoms with Gasteiger partial charge in [0.05, 0.1) is 6.61 Å². The minimum Gasteiger partial charge on any atom is -0.395 e. The van der Waals surface area contributed by atoms with Gasteiger partial charge in [-0.05, 0) is 27.1 Å². The Kier molecular flexibility index (Phi) is 6.97. The number of likely N-dealkylation sites (N-methyl/N-ethyl adjacent to an activating group) is 1. The quantitative estimate of drug-likeness (QED) is 0.736. The average Bonchev–Trinajstić information content (AvgIpc) is 2.37. The SMILES string of the molecule is CN(C)C1CCN(CCO)C1.[Y]. The number of hydrogen-bond acceptors (Lipinski definition) is 3. The molecule has 1 rings (SSSR count). The van der Waals surface area contributed by atoms with E-state index < -0.39 is 0 Å². The third-order valence-corrected chi connectivity index (χ3v) is 2.39. The van der Waals surface area contributed by atoms with Crippen LogP contribution in [0.4, 0.5) is 0 Å². The fourth-order valence-electron chi connectivity index (χ4n) is 1.58. The van der Waals surface area contributed by atoms with Gasteiger partial charge in [0.25, 0.3) is 0 Å². The molecular formula is C8H18N2OY. The smallest absolute Gasteiger partial charge is 0.0558 e. The first-order valence-electron chi connectivity index (χ1n) is 4.23. The van der Waals surface area contributed by atoms with Crippen LogP contribution in [0.15, 0.2) is 0 Å². The van der Waals surface area contributed by atoms with E-state index in [2.05, 4.69) is 23.9 Å². The molecule has 1 saturated heterocycles. The summed E-state index contributed by atoms with van der Waals surface area (Å²) in [5.41, 5.74) is 0. The van der Waals surface area contributed by atoms with E-state index in [4.69, 9.17) is 5.11 Å². The summed E-state index contributed by atoms with van der Waals surface area (Å²) in [7, 11) is 4.24. The Morgan fingerprint density at radius 3 is 2.58 bits per heavy atom. The molecule has 1 heterocycles. The third-order valence-electron chi connectivity index (χ3n) is 2.39. The van der Waals surface area contributed by atoms with Gasteiger partial charge in [0, 0.05) is 51.8 Å². The first-order valence-corrected chi connectivity index (χ1v) is 4.23. The van der Waals surface area contributed by atoms with E-state index in [-0.39, 0.29) is 32.7 Å². The Balaban J connectivity index is 0.00000121. The van der Waals surface area contributed by atoms with Gasteiger partial charge in [-0.25, -0.2) is 0 Å². The van der Waals surface area contributed by atoms with E-state index in [0.29, 0.717) is 12.6 Å². The summed E-state index contributed by atoms with van der Waals surface area (Å²) in [5.74, 6) is 0. The summed E-state index contributed by atoms with van der Waals surface area (Å²) >= 11 is 0. The number of nitrogens with zero attached hydrogens (tertiary/aromatic N) is 2. The largest absolute Gasteiger partial charge is 0.395 e. The fourth-order valence-corrected chi connectivity index (χ4v) is 1.58. The van der Waals surface area contributed by atoms with E-state index in [1.54, 1.807) is 0 Å². The summed E-state index contributed by atoms with van der Waals surface area (Å²) in [6.07, 6.45) is 1.24. The van der Waals surface area contributed by atoms with Crippen LogP contribution in [0.2, 0.25) is 0 Å². The molecule has 0 saturated carbocycles. The Bertz CT molecular complexity index is 122. The first-order chi connectivity index (χ1) is 5.24. The zero-order valence-corrected chi connectivity index (χ0v) is 10.9. The van der Waals surface area contributed by atoms with Crippen LogP contribution in [-0.2, 0) is 32.7 Å². The Labute approximate surface area is 100.0 Å². The average molecular weight is 247 g/mol. The van der Waals surface area contributed by atoms with Crippen LogP contribution in [0.3, 0.4) is 0 Å². The molecule has 69 valence electrons. The molecule has 4 heteroatoms. The monoisotopic (exact) mass is 247 g/mol. The van der Waals surface area contributed by atoms with Gasteiger partial charge in [-0.15, -0.1) is 0 Å². The normalized spacial score (nSPS) is 24.5. The molecule has 1 aliphatic heterocycles. The van der Waals surface area contributed by atoms with Crippen LogP contribution in [-0.4, -0.2) is 61.3 Å². The number of likely N-dealkylation sites (tertiary alicyclic amines) is 1. The predicted octanol–water partition coefficient (Wildman–Crippen LogP) is -0.388. The maximum absolute atomic E-state index is 8.70. The molecule has 3 nitrogen and oxygen atoms in total. The molecule has 1 fully saturated rings. The van der Waals surface area contributed by atoms with E-state index in [1.165, 1.54) is 6.42 Å². The second-order valence-electron chi connectivity index (χ2n) is 3.43. The van der Waals surface area contributed by atoms with Crippen LogP contribution < -0.4 is 0 Å². The van der Waals surface area contributed by atoms with Crippen molar-refractivity contribution in [3.8, 4) is 0 Å². The van der Waals surface area contributed by atoms with Crippen LogP contribution in [0.5, 0.6) is 0 Å². The summed E-state index contributed by atoms with van der Waals surface area (Å²) in [6, 6.07) is 0.696. The molecular weight excluding hydrogens is 229 g/mol. The van der Waals surface area contributed by atoms with Crippen molar-refractivity contribution in [3.05, 3.63) is 0 Å². The molecule has 12 heavy (non-hydrogen) atoms. The van der Waals surface area contributed by atoms with Crippen molar-refractivity contribution >= 4 is 0 Å². The number of hydrogen-bond donors (Lipinski definition) is 1. The van der Waals surface area contributed by atoms with Crippen LogP contribution in [0.1, 0.15) is 6.42 Å². The molecule has 0 aliphatic carbocycles. The van der Waals surface area contributed by atoms with Crippen LogP contribution >= 0.6 is 0 Å². The molecule has 0 aromatic carbocycles.